The number of benzene rings is 1. The van der Waals surface area contributed by atoms with Crippen LogP contribution in [0, 0.1) is 5.92 Å². The van der Waals surface area contributed by atoms with Crippen LogP contribution in [-0.2, 0) is 22.4 Å². The molecule has 2 unspecified atom stereocenters. The van der Waals surface area contributed by atoms with Crippen LogP contribution in [0.3, 0.4) is 0 Å². The molecule has 174 valence electrons. The first-order valence-electron chi connectivity index (χ1n) is 11.0. The monoisotopic (exact) mass is 463 g/mol. The fourth-order valence-electron chi connectivity index (χ4n) is 3.80. The van der Waals surface area contributed by atoms with Gasteiger partial charge in [-0.25, -0.2) is 14.4 Å². The van der Waals surface area contributed by atoms with Gasteiger partial charge < -0.3 is 19.2 Å². The van der Waals surface area contributed by atoms with E-state index in [1.165, 1.54) is 6.07 Å². The minimum Gasteiger partial charge on any atom is -0.444 e. The van der Waals surface area contributed by atoms with E-state index < -0.39 is 23.7 Å². The molecule has 2 aromatic rings. The molecule has 0 aliphatic heterocycles. The summed E-state index contributed by atoms with van der Waals surface area (Å²) < 4.78 is 16.3. The molecule has 1 aliphatic carbocycles. The molecule has 8 heteroatoms. The van der Waals surface area contributed by atoms with Gasteiger partial charge in [0.25, 0.3) is 0 Å². The van der Waals surface area contributed by atoms with Gasteiger partial charge in [-0.3, -0.25) is 0 Å². The number of carbonyl (C=O) groups is 2. The Kier molecular flexibility index (Phi) is 7.18. The van der Waals surface area contributed by atoms with Gasteiger partial charge in [0.1, 0.15) is 17.2 Å². The molecule has 1 heterocycles. The minimum absolute atomic E-state index is 0.0716. The average Bonchev–Trinajstić information content (AvgIpc) is 2.71. The van der Waals surface area contributed by atoms with Crippen molar-refractivity contribution >= 4 is 34.6 Å². The number of hydrogen-bond donors (Lipinski definition) is 1. The number of fused-ring (bicyclic) bond motifs is 3. The van der Waals surface area contributed by atoms with Crippen molar-refractivity contribution in [3.8, 4) is 5.75 Å². The Morgan fingerprint density at radius 3 is 2.47 bits per heavy atom. The van der Waals surface area contributed by atoms with E-state index in [4.69, 9.17) is 25.5 Å². The lowest BCUT2D eigenvalue weighted by Gasteiger charge is -2.25. The maximum atomic E-state index is 13.0. The third-order valence-electron chi connectivity index (χ3n) is 5.63. The molecule has 1 aromatic heterocycles. The molecular weight excluding hydrogens is 434 g/mol. The number of rotatable bonds is 5. The molecule has 1 aliphatic rings. The molecule has 1 N–H and O–H groups in total. The maximum Gasteiger partial charge on any atom is 0.408 e. The molecule has 32 heavy (non-hydrogen) atoms. The molecule has 2 atom stereocenters. The van der Waals surface area contributed by atoms with Gasteiger partial charge in [-0.2, -0.15) is 0 Å². The highest BCUT2D eigenvalue weighted by Crippen LogP contribution is 2.34. The van der Waals surface area contributed by atoms with Crippen molar-refractivity contribution in [3.05, 3.63) is 38.7 Å². The predicted molar refractivity (Wildman–Crippen MR) is 122 cm³/mol. The summed E-state index contributed by atoms with van der Waals surface area (Å²) in [4.78, 5) is 37.6. The molecule has 0 spiro atoms. The van der Waals surface area contributed by atoms with Crippen LogP contribution in [0.4, 0.5) is 4.79 Å². The molecule has 7 nitrogen and oxygen atoms in total. The van der Waals surface area contributed by atoms with E-state index in [0.29, 0.717) is 24.0 Å². The number of nitrogens with one attached hydrogen (secondary N) is 1. The number of ether oxygens (including phenoxy) is 2. The quantitative estimate of drug-likeness (QED) is 0.373. The third kappa shape index (κ3) is 5.44. The van der Waals surface area contributed by atoms with E-state index in [0.717, 1.165) is 30.2 Å². The fraction of sp³-hybridized carbons (Fsp3) is 0.542. The number of alkyl carbamates (subject to hydrolysis) is 1. The second kappa shape index (κ2) is 9.53. The van der Waals surface area contributed by atoms with Crippen molar-refractivity contribution in [2.24, 2.45) is 5.92 Å². The Bertz CT molecular complexity index is 1080. The first kappa shape index (κ1) is 24.1. The fourth-order valence-corrected chi connectivity index (χ4v) is 4.00. The molecule has 0 fully saturated rings. The van der Waals surface area contributed by atoms with Crippen LogP contribution in [0.15, 0.2) is 21.3 Å². The van der Waals surface area contributed by atoms with Crippen molar-refractivity contribution < 1.29 is 23.5 Å². The molecule has 1 amide bonds. The van der Waals surface area contributed by atoms with E-state index in [2.05, 4.69) is 5.32 Å². The van der Waals surface area contributed by atoms with E-state index in [1.807, 2.05) is 13.8 Å². The molecular formula is C24H30ClNO6. The largest absolute Gasteiger partial charge is 0.444 e. The number of aryl methyl sites for hydroxylation is 1. The molecule has 1 aromatic carbocycles. The summed E-state index contributed by atoms with van der Waals surface area (Å²) in [5.41, 5.74) is 0.903. The predicted octanol–water partition coefficient (Wildman–Crippen LogP) is 5.17. The van der Waals surface area contributed by atoms with Crippen molar-refractivity contribution in [1.29, 1.82) is 0 Å². The summed E-state index contributed by atoms with van der Waals surface area (Å²) >= 11 is 6.43. The van der Waals surface area contributed by atoms with E-state index in [1.54, 1.807) is 26.8 Å². The smallest absolute Gasteiger partial charge is 0.408 e. The topological polar surface area (TPSA) is 94.8 Å². The summed E-state index contributed by atoms with van der Waals surface area (Å²) in [6.07, 6.45) is 3.34. The van der Waals surface area contributed by atoms with Crippen LogP contribution < -0.4 is 15.7 Å². The molecule has 0 radical (unpaired) electrons. The lowest BCUT2D eigenvalue weighted by molar-refractivity contribution is -0.138. The first-order chi connectivity index (χ1) is 15.0. The number of amides is 1. The van der Waals surface area contributed by atoms with Gasteiger partial charge in [-0.15, -0.1) is 0 Å². The second-order valence-electron chi connectivity index (χ2n) is 9.26. The Balaban J connectivity index is 1.89. The van der Waals surface area contributed by atoms with E-state index >= 15 is 0 Å². The van der Waals surface area contributed by atoms with Crippen molar-refractivity contribution in [2.45, 2.75) is 78.4 Å². The summed E-state index contributed by atoms with van der Waals surface area (Å²) in [5.74, 6) is -0.812. The lowest BCUT2D eigenvalue weighted by atomic mass is 9.90. The summed E-state index contributed by atoms with van der Waals surface area (Å²) in [6, 6.07) is 2.20. The molecule has 0 bridgehead atoms. The molecule has 3 rings (SSSR count). The van der Waals surface area contributed by atoms with Crippen molar-refractivity contribution in [3.63, 3.8) is 0 Å². The summed E-state index contributed by atoms with van der Waals surface area (Å²) in [6.45, 7) is 8.96. The highest BCUT2D eigenvalue weighted by molar-refractivity contribution is 6.33. The van der Waals surface area contributed by atoms with Gasteiger partial charge in [0.05, 0.1) is 5.02 Å². The normalized spacial score (nSPS) is 15.6. The number of carbonyl (C=O) groups excluding carboxylic acids is 2. The van der Waals surface area contributed by atoms with Gasteiger partial charge in [0.2, 0.25) is 0 Å². The minimum atomic E-state index is -0.933. The zero-order valence-corrected chi connectivity index (χ0v) is 19.9. The van der Waals surface area contributed by atoms with Crippen LogP contribution in [0.2, 0.25) is 5.02 Å². The second-order valence-corrected chi connectivity index (χ2v) is 9.67. The SMILES string of the molecule is CCC(C)C(NC(=O)OC(C)(C)C)C(=O)Oc1cc2oc(=O)c3c(c2cc1Cl)CCCC3. The van der Waals surface area contributed by atoms with Gasteiger partial charge in [-0.1, -0.05) is 31.9 Å². The van der Waals surface area contributed by atoms with Crippen molar-refractivity contribution in [2.75, 3.05) is 0 Å². The van der Waals surface area contributed by atoms with Crippen LogP contribution in [0.25, 0.3) is 11.0 Å². The maximum absolute atomic E-state index is 13.0. The van der Waals surface area contributed by atoms with E-state index in [9.17, 15) is 14.4 Å². The van der Waals surface area contributed by atoms with Crippen LogP contribution >= 0.6 is 11.6 Å². The zero-order valence-electron chi connectivity index (χ0n) is 19.2. The number of hydrogen-bond acceptors (Lipinski definition) is 6. The lowest BCUT2D eigenvalue weighted by Crippen LogP contribution is -2.48. The van der Waals surface area contributed by atoms with Gasteiger partial charge in [0.15, 0.2) is 5.75 Å². The van der Waals surface area contributed by atoms with Gasteiger partial charge in [-0.05, 0) is 64.0 Å². The van der Waals surface area contributed by atoms with E-state index in [-0.39, 0.29) is 22.3 Å². The highest BCUT2D eigenvalue weighted by atomic mass is 35.5. The van der Waals surface area contributed by atoms with Crippen LogP contribution in [-0.4, -0.2) is 23.7 Å². The average molecular weight is 464 g/mol. The van der Waals surface area contributed by atoms with Gasteiger partial charge in [0, 0.05) is 17.0 Å². The number of halogens is 1. The van der Waals surface area contributed by atoms with Crippen LogP contribution in [0.5, 0.6) is 5.75 Å². The number of esters is 1. The Hall–Kier alpha value is -2.54. The standard InChI is InChI=1S/C24H30ClNO6/c1-6-13(2)20(26-23(29)32-24(3,4)5)22(28)31-19-12-18-16(11-17(19)25)14-9-7-8-10-15(14)21(27)30-18/h11-13,20H,6-10H2,1-5H3,(H,26,29). The third-order valence-corrected chi connectivity index (χ3v) is 5.92. The first-order valence-corrected chi connectivity index (χ1v) is 11.4. The summed E-state index contributed by atoms with van der Waals surface area (Å²) in [5, 5.41) is 3.59. The molecule has 0 saturated carbocycles. The molecule has 0 saturated heterocycles. The Morgan fingerprint density at radius 1 is 1.19 bits per heavy atom. The van der Waals surface area contributed by atoms with Gasteiger partial charge >= 0.3 is 17.7 Å². The Morgan fingerprint density at radius 2 is 1.84 bits per heavy atom. The van der Waals surface area contributed by atoms with Crippen molar-refractivity contribution in [1.82, 2.24) is 5.32 Å². The Labute approximate surface area is 192 Å². The zero-order chi connectivity index (χ0) is 23.6. The van der Waals surface area contributed by atoms with Crippen LogP contribution in [0.1, 0.15) is 65.0 Å². The highest BCUT2D eigenvalue weighted by Gasteiger charge is 2.31. The summed E-state index contributed by atoms with van der Waals surface area (Å²) in [7, 11) is 0.